The first kappa shape index (κ1) is 28.2. The first-order chi connectivity index (χ1) is 18.7. The highest BCUT2D eigenvalue weighted by atomic mass is 16.5. The lowest BCUT2D eigenvalue weighted by atomic mass is 9.87. The molecule has 0 radical (unpaired) electrons. The number of hydrogen-bond acceptors (Lipinski definition) is 7. The molecule has 208 valence electrons. The molecule has 2 heterocycles. The normalized spacial score (nSPS) is 14.5. The molecule has 0 bridgehead atoms. The maximum Gasteiger partial charge on any atom is 0.254 e. The summed E-state index contributed by atoms with van der Waals surface area (Å²) in [5.74, 6) is 1.84. The van der Waals surface area contributed by atoms with Gasteiger partial charge in [-0.3, -0.25) is 14.5 Å². The van der Waals surface area contributed by atoms with Gasteiger partial charge in [0.05, 0.1) is 20.8 Å². The zero-order valence-corrected chi connectivity index (χ0v) is 23.5. The fourth-order valence-corrected chi connectivity index (χ4v) is 4.59. The van der Waals surface area contributed by atoms with E-state index in [-0.39, 0.29) is 22.5 Å². The van der Waals surface area contributed by atoms with Gasteiger partial charge in [0, 0.05) is 37.8 Å². The minimum Gasteiger partial charge on any atom is -0.493 e. The van der Waals surface area contributed by atoms with Crippen molar-refractivity contribution in [3.8, 4) is 17.2 Å². The standard InChI is InChI=1S/C31H38N2O6/c1-31(2,3)24-10-7-22(8-11-24)20-39-29-21-38-25(18-26(29)34)19-32-13-6-14-33(16-15-32)30(35)23-9-12-27(36-4)28(17-23)37-5/h7-12,17-18,21H,6,13-16,19-20H2,1-5H3. The van der Waals surface area contributed by atoms with E-state index in [0.717, 1.165) is 18.5 Å². The van der Waals surface area contributed by atoms with Gasteiger partial charge in [0.15, 0.2) is 11.5 Å². The molecule has 8 nitrogen and oxygen atoms in total. The summed E-state index contributed by atoms with van der Waals surface area (Å²) >= 11 is 0. The van der Waals surface area contributed by atoms with Gasteiger partial charge >= 0.3 is 0 Å². The second-order valence-electron chi connectivity index (χ2n) is 10.8. The molecule has 39 heavy (non-hydrogen) atoms. The van der Waals surface area contributed by atoms with Gasteiger partial charge in [0.2, 0.25) is 11.2 Å². The lowest BCUT2D eigenvalue weighted by Gasteiger charge is -2.22. The van der Waals surface area contributed by atoms with Gasteiger partial charge in [-0.25, -0.2) is 0 Å². The van der Waals surface area contributed by atoms with Crippen LogP contribution >= 0.6 is 0 Å². The largest absolute Gasteiger partial charge is 0.493 e. The minimum absolute atomic E-state index is 0.0427. The van der Waals surface area contributed by atoms with E-state index < -0.39 is 0 Å². The average molecular weight is 535 g/mol. The van der Waals surface area contributed by atoms with E-state index >= 15 is 0 Å². The number of carbonyl (C=O) groups is 1. The molecular formula is C31H38N2O6. The smallest absolute Gasteiger partial charge is 0.254 e. The van der Waals surface area contributed by atoms with Crippen molar-refractivity contribution in [1.29, 1.82) is 0 Å². The molecule has 1 fully saturated rings. The van der Waals surface area contributed by atoms with Crippen LogP contribution < -0.4 is 19.6 Å². The van der Waals surface area contributed by atoms with E-state index in [1.165, 1.54) is 17.9 Å². The van der Waals surface area contributed by atoms with Crippen molar-refractivity contribution in [3.63, 3.8) is 0 Å². The van der Waals surface area contributed by atoms with E-state index in [9.17, 15) is 9.59 Å². The van der Waals surface area contributed by atoms with Crippen LogP contribution in [-0.4, -0.2) is 56.1 Å². The van der Waals surface area contributed by atoms with Crippen molar-refractivity contribution in [3.05, 3.63) is 87.5 Å². The Morgan fingerprint density at radius 3 is 2.31 bits per heavy atom. The molecule has 0 aliphatic carbocycles. The third-order valence-electron chi connectivity index (χ3n) is 6.95. The van der Waals surface area contributed by atoms with Gasteiger partial charge in [-0.2, -0.15) is 0 Å². The summed E-state index contributed by atoms with van der Waals surface area (Å²) in [6, 6.07) is 14.9. The van der Waals surface area contributed by atoms with Gasteiger partial charge in [0.1, 0.15) is 18.6 Å². The second-order valence-corrected chi connectivity index (χ2v) is 10.8. The van der Waals surface area contributed by atoms with Crippen molar-refractivity contribution in [2.75, 3.05) is 40.4 Å². The van der Waals surface area contributed by atoms with Crippen LogP contribution in [0.2, 0.25) is 0 Å². The maximum atomic E-state index is 13.1. The van der Waals surface area contributed by atoms with Crippen LogP contribution in [0.15, 0.2) is 64.0 Å². The molecule has 1 aromatic heterocycles. The SMILES string of the molecule is COc1ccc(C(=O)N2CCCN(Cc3cc(=O)c(OCc4ccc(C(C)(C)C)cc4)co3)CC2)cc1OC. The van der Waals surface area contributed by atoms with Crippen LogP contribution in [0.3, 0.4) is 0 Å². The lowest BCUT2D eigenvalue weighted by molar-refractivity contribution is 0.0760. The second kappa shape index (κ2) is 12.4. The zero-order chi connectivity index (χ0) is 28.0. The fraction of sp³-hybridized carbons (Fsp3) is 0.419. The number of carbonyl (C=O) groups excluding carboxylic acids is 1. The topological polar surface area (TPSA) is 81.5 Å². The van der Waals surface area contributed by atoms with Gasteiger partial charge in [-0.05, 0) is 41.2 Å². The quantitative estimate of drug-likeness (QED) is 0.407. The van der Waals surface area contributed by atoms with Crippen LogP contribution in [0.25, 0.3) is 0 Å². The summed E-state index contributed by atoms with van der Waals surface area (Å²) in [6.07, 6.45) is 2.21. The summed E-state index contributed by atoms with van der Waals surface area (Å²) in [6.45, 7) is 10.00. The Bertz CT molecular complexity index is 1330. The molecular weight excluding hydrogens is 496 g/mol. The molecule has 8 heteroatoms. The molecule has 0 atom stereocenters. The zero-order valence-electron chi connectivity index (χ0n) is 23.5. The number of hydrogen-bond donors (Lipinski definition) is 0. The number of nitrogens with zero attached hydrogens (tertiary/aromatic N) is 2. The van der Waals surface area contributed by atoms with Crippen molar-refractivity contribution in [1.82, 2.24) is 9.80 Å². The monoisotopic (exact) mass is 534 g/mol. The van der Waals surface area contributed by atoms with Crippen LogP contribution in [-0.2, 0) is 18.6 Å². The molecule has 1 amide bonds. The maximum absolute atomic E-state index is 13.1. The Labute approximate surface area is 230 Å². The highest BCUT2D eigenvalue weighted by Crippen LogP contribution is 2.28. The lowest BCUT2D eigenvalue weighted by Crippen LogP contribution is -2.35. The Kier molecular flexibility index (Phi) is 8.97. The third kappa shape index (κ3) is 7.20. The predicted molar refractivity (Wildman–Crippen MR) is 150 cm³/mol. The predicted octanol–water partition coefficient (Wildman–Crippen LogP) is 4.88. The molecule has 4 rings (SSSR count). The summed E-state index contributed by atoms with van der Waals surface area (Å²) < 4.78 is 22.1. The molecule has 0 unspecified atom stereocenters. The first-order valence-electron chi connectivity index (χ1n) is 13.3. The highest BCUT2D eigenvalue weighted by Gasteiger charge is 2.22. The molecule has 1 saturated heterocycles. The number of benzene rings is 2. The minimum atomic E-state index is -0.206. The summed E-state index contributed by atoms with van der Waals surface area (Å²) in [5.41, 5.74) is 2.68. The molecule has 1 aliphatic heterocycles. The number of amides is 1. The molecule has 0 saturated carbocycles. The molecule has 0 N–H and O–H groups in total. The Morgan fingerprint density at radius 1 is 0.897 bits per heavy atom. The van der Waals surface area contributed by atoms with Crippen molar-refractivity contribution in [2.24, 2.45) is 0 Å². The molecule has 3 aromatic rings. The van der Waals surface area contributed by atoms with E-state index in [1.807, 2.05) is 17.0 Å². The van der Waals surface area contributed by atoms with E-state index in [0.29, 0.717) is 55.6 Å². The van der Waals surface area contributed by atoms with Crippen molar-refractivity contribution in [2.45, 2.75) is 45.8 Å². The van der Waals surface area contributed by atoms with E-state index in [1.54, 1.807) is 32.4 Å². The Balaban J connectivity index is 1.32. The summed E-state index contributed by atoms with van der Waals surface area (Å²) in [4.78, 5) is 29.8. The number of methoxy groups -OCH3 is 2. The van der Waals surface area contributed by atoms with Gasteiger partial charge in [-0.15, -0.1) is 0 Å². The Morgan fingerprint density at radius 2 is 1.64 bits per heavy atom. The molecule has 2 aromatic carbocycles. The van der Waals surface area contributed by atoms with Crippen LogP contribution in [0.4, 0.5) is 0 Å². The van der Waals surface area contributed by atoms with Crippen LogP contribution in [0.1, 0.15) is 54.4 Å². The third-order valence-corrected chi connectivity index (χ3v) is 6.95. The van der Waals surface area contributed by atoms with Crippen molar-refractivity contribution >= 4 is 5.91 Å². The van der Waals surface area contributed by atoms with Crippen LogP contribution in [0, 0.1) is 0 Å². The summed E-state index contributed by atoms with van der Waals surface area (Å²) in [7, 11) is 3.12. The summed E-state index contributed by atoms with van der Waals surface area (Å²) in [5, 5.41) is 0. The van der Waals surface area contributed by atoms with Crippen molar-refractivity contribution < 1.29 is 23.4 Å². The number of rotatable bonds is 8. The van der Waals surface area contributed by atoms with Gasteiger partial charge in [-0.1, -0.05) is 45.0 Å². The number of ether oxygens (including phenoxy) is 3. The van der Waals surface area contributed by atoms with E-state index in [2.05, 4.69) is 37.8 Å². The van der Waals surface area contributed by atoms with Gasteiger partial charge < -0.3 is 23.5 Å². The fourth-order valence-electron chi connectivity index (χ4n) is 4.59. The van der Waals surface area contributed by atoms with Gasteiger partial charge in [0.25, 0.3) is 5.91 Å². The Hall–Kier alpha value is -3.78. The molecule has 0 spiro atoms. The molecule has 1 aliphatic rings. The van der Waals surface area contributed by atoms with E-state index in [4.69, 9.17) is 18.6 Å². The first-order valence-corrected chi connectivity index (χ1v) is 13.3. The highest BCUT2D eigenvalue weighted by molar-refractivity contribution is 5.95. The van der Waals surface area contributed by atoms with Crippen LogP contribution in [0.5, 0.6) is 17.2 Å². The average Bonchev–Trinajstić information content (AvgIpc) is 3.17.